The van der Waals surface area contributed by atoms with E-state index >= 15 is 0 Å². The highest BCUT2D eigenvalue weighted by molar-refractivity contribution is 5.95. The number of carboxylic acid groups (broad SMARTS) is 1. The van der Waals surface area contributed by atoms with Gasteiger partial charge in [0.1, 0.15) is 5.75 Å². The van der Waals surface area contributed by atoms with Gasteiger partial charge in [0.05, 0.1) is 12.0 Å². The van der Waals surface area contributed by atoms with Crippen molar-refractivity contribution < 1.29 is 19.4 Å². The van der Waals surface area contributed by atoms with Crippen molar-refractivity contribution in [3.05, 3.63) is 29.8 Å². The average Bonchev–Trinajstić information content (AvgIpc) is 2.83. The second kappa shape index (κ2) is 5.53. The summed E-state index contributed by atoms with van der Waals surface area (Å²) in [6, 6.07) is 6.99. The molecule has 0 aromatic heterocycles. The highest BCUT2D eigenvalue weighted by Crippen LogP contribution is 2.31. The minimum absolute atomic E-state index is 0.142. The van der Waals surface area contributed by atoms with Crippen molar-refractivity contribution in [1.29, 1.82) is 0 Å². The normalized spacial score (nSPS) is 21.8. The third-order valence-electron chi connectivity index (χ3n) is 3.67. The van der Waals surface area contributed by atoms with Crippen molar-refractivity contribution >= 4 is 11.9 Å². The number of aliphatic carboxylic acids is 1. The van der Waals surface area contributed by atoms with E-state index in [1.165, 1.54) is 0 Å². The van der Waals surface area contributed by atoms with Gasteiger partial charge in [-0.3, -0.25) is 9.59 Å². The first-order valence-corrected chi connectivity index (χ1v) is 6.72. The zero-order valence-electron chi connectivity index (χ0n) is 11.8. The number of likely N-dealkylation sites (tertiary alicyclic amines) is 1. The third-order valence-corrected chi connectivity index (χ3v) is 3.67. The van der Waals surface area contributed by atoms with Gasteiger partial charge in [-0.05, 0) is 38.5 Å². The molecular formula is C15H19NO4. The maximum Gasteiger partial charge on any atom is 0.311 e. The topological polar surface area (TPSA) is 66.8 Å². The monoisotopic (exact) mass is 277 g/mol. The van der Waals surface area contributed by atoms with Crippen LogP contribution in [0, 0.1) is 5.41 Å². The minimum atomic E-state index is -0.851. The van der Waals surface area contributed by atoms with Crippen molar-refractivity contribution in [1.82, 2.24) is 4.90 Å². The standard InChI is InChI=1S/C15H19NO4/c1-3-20-12-6-4-5-11(9-12)13(17)16-8-7-15(2,10-16)14(18)19/h4-6,9H,3,7-8,10H2,1-2H3,(H,18,19)/t15-/m0/s1. The first kappa shape index (κ1) is 14.4. The van der Waals surface area contributed by atoms with Crippen molar-refractivity contribution in [3.8, 4) is 5.75 Å². The zero-order valence-corrected chi connectivity index (χ0v) is 11.8. The molecule has 1 aromatic rings. The van der Waals surface area contributed by atoms with Crippen molar-refractivity contribution in [2.24, 2.45) is 5.41 Å². The lowest BCUT2D eigenvalue weighted by molar-refractivity contribution is -0.147. The molecule has 1 heterocycles. The van der Waals surface area contributed by atoms with Gasteiger partial charge in [0, 0.05) is 18.7 Å². The maximum absolute atomic E-state index is 12.4. The zero-order chi connectivity index (χ0) is 14.8. The number of nitrogens with zero attached hydrogens (tertiary/aromatic N) is 1. The van der Waals surface area contributed by atoms with E-state index in [0.29, 0.717) is 30.9 Å². The molecule has 0 unspecified atom stereocenters. The number of hydrogen-bond acceptors (Lipinski definition) is 3. The predicted molar refractivity (Wildman–Crippen MR) is 73.9 cm³/mol. The number of amides is 1. The molecule has 0 bridgehead atoms. The molecule has 1 saturated heterocycles. The summed E-state index contributed by atoms with van der Waals surface area (Å²) in [5.41, 5.74) is -0.307. The highest BCUT2D eigenvalue weighted by atomic mass is 16.5. The Balaban J connectivity index is 2.13. The number of benzene rings is 1. The Morgan fingerprint density at radius 2 is 2.20 bits per heavy atom. The van der Waals surface area contributed by atoms with Crippen LogP contribution in [-0.4, -0.2) is 41.6 Å². The minimum Gasteiger partial charge on any atom is -0.494 e. The molecule has 0 saturated carbocycles. The van der Waals surface area contributed by atoms with Gasteiger partial charge in [-0.2, -0.15) is 0 Å². The van der Waals surface area contributed by atoms with Gasteiger partial charge < -0.3 is 14.7 Å². The lowest BCUT2D eigenvalue weighted by atomic mass is 9.90. The molecule has 1 N–H and O–H groups in total. The van der Waals surface area contributed by atoms with Crippen LogP contribution in [0.4, 0.5) is 0 Å². The molecule has 1 aromatic carbocycles. The summed E-state index contributed by atoms with van der Waals surface area (Å²) in [4.78, 5) is 25.2. The van der Waals surface area contributed by atoms with E-state index in [0.717, 1.165) is 0 Å². The van der Waals surface area contributed by atoms with Crippen LogP contribution in [0.2, 0.25) is 0 Å². The van der Waals surface area contributed by atoms with Gasteiger partial charge in [-0.15, -0.1) is 0 Å². The van der Waals surface area contributed by atoms with E-state index in [9.17, 15) is 14.7 Å². The average molecular weight is 277 g/mol. The Morgan fingerprint density at radius 1 is 1.45 bits per heavy atom. The van der Waals surface area contributed by atoms with Gasteiger partial charge in [0.2, 0.25) is 0 Å². The van der Waals surface area contributed by atoms with Crippen LogP contribution in [0.25, 0.3) is 0 Å². The molecule has 2 rings (SSSR count). The Kier molecular flexibility index (Phi) is 3.97. The maximum atomic E-state index is 12.4. The third kappa shape index (κ3) is 2.76. The number of rotatable bonds is 4. The molecular weight excluding hydrogens is 258 g/mol. The van der Waals surface area contributed by atoms with Crippen LogP contribution in [0.5, 0.6) is 5.75 Å². The SMILES string of the molecule is CCOc1cccc(C(=O)N2CC[C@](C)(C(=O)O)C2)c1. The Bertz CT molecular complexity index is 528. The molecule has 1 aliphatic heterocycles. The predicted octanol–water partition coefficient (Wildman–Crippen LogP) is 2.02. The number of carboxylic acids is 1. The second-order valence-corrected chi connectivity index (χ2v) is 5.30. The van der Waals surface area contributed by atoms with Crippen LogP contribution < -0.4 is 4.74 Å². The first-order chi connectivity index (χ1) is 9.46. The quantitative estimate of drug-likeness (QED) is 0.914. The van der Waals surface area contributed by atoms with E-state index in [4.69, 9.17) is 4.74 Å². The van der Waals surface area contributed by atoms with E-state index in [1.807, 2.05) is 6.92 Å². The van der Waals surface area contributed by atoms with Gasteiger partial charge in [0.15, 0.2) is 0 Å². The molecule has 5 heteroatoms. The summed E-state index contributed by atoms with van der Waals surface area (Å²) in [5, 5.41) is 9.20. The fourth-order valence-corrected chi connectivity index (χ4v) is 2.38. The summed E-state index contributed by atoms with van der Waals surface area (Å²) in [6.45, 7) is 4.82. The number of ether oxygens (including phenoxy) is 1. The Labute approximate surface area is 118 Å². The highest BCUT2D eigenvalue weighted by Gasteiger charge is 2.42. The van der Waals surface area contributed by atoms with Crippen LogP contribution in [0.3, 0.4) is 0 Å². The van der Waals surface area contributed by atoms with Gasteiger partial charge >= 0.3 is 5.97 Å². The van der Waals surface area contributed by atoms with Crippen LogP contribution in [0.1, 0.15) is 30.6 Å². The first-order valence-electron chi connectivity index (χ1n) is 6.72. The fourth-order valence-electron chi connectivity index (χ4n) is 2.38. The number of carbonyl (C=O) groups is 2. The number of carbonyl (C=O) groups excluding carboxylic acids is 1. The largest absolute Gasteiger partial charge is 0.494 e. The Morgan fingerprint density at radius 3 is 2.80 bits per heavy atom. The lowest BCUT2D eigenvalue weighted by Gasteiger charge is -2.20. The summed E-state index contributed by atoms with van der Waals surface area (Å²) in [7, 11) is 0. The van der Waals surface area contributed by atoms with Crippen LogP contribution in [0.15, 0.2) is 24.3 Å². The van der Waals surface area contributed by atoms with Gasteiger partial charge in [0.25, 0.3) is 5.91 Å². The van der Waals surface area contributed by atoms with Crippen molar-refractivity contribution in [3.63, 3.8) is 0 Å². The van der Waals surface area contributed by atoms with Gasteiger partial charge in [-0.1, -0.05) is 6.07 Å². The molecule has 20 heavy (non-hydrogen) atoms. The summed E-state index contributed by atoms with van der Waals surface area (Å²) < 4.78 is 5.37. The Hall–Kier alpha value is -2.04. The van der Waals surface area contributed by atoms with Crippen molar-refractivity contribution in [2.75, 3.05) is 19.7 Å². The lowest BCUT2D eigenvalue weighted by Crippen LogP contribution is -2.34. The van der Waals surface area contributed by atoms with E-state index in [1.54, 1.807) is 36.1 Å². The van der Waals surface area contributed by atoms with Gasteiger partial charge in [-0.25, -0.2) is 0 Å². The molecule has 5 nitrogen and oxygen atoms in total. The van der Waals surface area contributed by atoms with Crippen molar-refractivity contribution in [2.45, 2.75) is 20.3 Å². The van der Waals surface area contributed by atoms with E-state index in [2.05, 4.69) is 0 Å². The summed E-state index contributed by atoms with van der Waals surface area (Å²) >= 11 is 0. The molecule has 1 fully saturated rings. The summed E-state index contributed by atoms with van der Waals surface area (Å²) in [5.74, 6) is -0.342. The molecule has 108 valence electrons. The smallest absolute Gasteiger partial charge is 0.311 e. The second-order valence-electron chi connectivity index (χ2n) is 5.30. The molecule has 1 aliphatic rings. The van der Waals surface area contributed by atoms with Crippen LogP contribution >= 0.6 is 0 Å². The molecule has 0 radical (unpaired) electrons. The van der Waals surface area contributed by atoms with E-state index in [-0.39, 0.29) is 12.5 Å². The van der Waals surface area contributed by atoms with Crippen LogP contribution in [-0.2, 0) is 4.79 Å². The number of hydrogen-bond donors (Lipinski definition) is 1. The molecule has 0 spiro atoms. The van der Waals surface area contributed by atoms with E-state index < -0.39 is 11.4 Å². The summed E-state index contributed by atoms with van der Waals surface area (Å²) in [6.07, 6.45) is 0.485. The molecule has 1 atom stereocenters. The molecule has 0 aliphatic carbocycles. The fraction of sp³-hybridized carbons (Fsp3) is 0.467. The molecule has 1 amide bonds.